The number of anilines is 2. The monoisotopic (exact) mass is 323 g/mol. The number of hydrogen-bond donors (Lipinski definition) is 3. The summed E-state index contributed by atoms with van der Waals surface area (Å²) < 4.78 is 0. The van der Waals surface area contributed by atoms with Gasteiger partial charge in [-0.25, -0.2) is 4.79 Å². The number of carbonyl (C=O) groups excluding carboxylic acids is 1. The Kier molecular flexibility index (Phi) is 5.31. The van der Waals surface area contributed by atoms with Crippen molar-refractivity contribution in [3.05, 3.63) is 58.1 Å². The second-order valence-electron chi connectivity index (χ2n) is 4.37. The Balaban J connectivity index is 1.97. The van der Waals surface area contributed by atoms with Gasteiger partial charge in [0.2, 0.25) is 0 Å². The summed E-state index contributed by atoms with van der Waals surface area (Å²) in [5, 5.41) is 9.76. The van der Waals surface area contributed by atoms with Gasteiger partial charge in [0, 0.05) is 35.0 Å². The van der Waals surface area contributed by atoms with E-state index in [0.29, 0.717) is 16.6 Å². The summed E-state index contributed by atoms with van der Waals surface area (Å²) in [5.74, 6) is 0. The zero-order valence-corrected chi connectivity index (χ0v) is 12.9. The Labute approximate surface area is 133 Å². The van der Waals surface area contributed by atoms with Gasteiger partial charge in [0.15, 0.2) is 0 Å². The van der Waals surface area contributed by atoms with E-state index >= 15 is 0 Å². The lowest BCUT2D eigenvalue weighted by atomic mass is 10.2. The SMILES string of the molecule is CNC(=O)Nc1ccc(NCc2cc(Cl)ccc2Cl)cc1. The summed E-state index contributed by atoms with van der Waals surface area (Å²) in [5.41, 5.74) is 2.57. The highest BCUT2D eigenvalue weighted by Crippen LogP contribution is 2.22. The molecule has 0 saturated carbocycles. The molecule has 4 nitrogen and oxygen atoms in total. The van der Waals surface area contributed by atoms with Crippen molar-refractivity contribution in [3.63, 3.8) is 0 Å². The van der Waals surface area contributed by atoms with Crippen LogP contribution in [0.15, 0.2) is 42.5 Å². The van der Waals surface area contributed by atoms with E-state index in [1.54, 1.807) is 19.2 Å². The first-order chi connectivity index (χ1) is 10.1. The average Bonchev–Trinajstić information content (AvgIpc) is 2.49. The van der Waals surface area contributed by atoms with E-state index < -0.39 is 0 Å². The maximum Gasteiger partial charge on any atom is 0.318 e. The molecule has 0 aliphatic carbocycles. The van der Waals surface area contributed by atoms with Gasteiger partial charge >= 0.3 is 6.03 Å². The molecule has 2 aromatic rings. The summed E-state index contributed by atoms with van der Waals surface area (Å²) in [6.45, 7) is 0.571. The van der Waals surface area contributed by atoms with Gasteiger partial charge in [-0.1, -0.05) is 23.2 Å². The normalized spacial score (nSPS) is 10.0. The molecule has 6 heteroatoms. The first kappa shape index (κ1) is 15.5. The fourth-order valence-corrected chi connectivity index (χ4v) is 2.12. The topological polar surface area (TPSA) is 53.2 Å². The molecule has 2 aromatic carbocycles. The van der Waals surface area contributed by atoms with Crippen LogP contribution in [-0.4, -0.2) is 13.1 Å². The van der Waals surface area contributed by atoms with Crippen LogP contribution in [0.4, 0.5) is 16.2 Å². The second kappa shape index (κ2) is 7.20. The molecule has 0 radical (unpaired) electrons. The summed E-state index contributed by atoms with van der Waals surface area (Å²) in [6.07, 6.45) is 0. The fourth-order valence-electron chi connectivity index (χ4n) is 1.74. The minimum Gasteiger partial charge on any atom is -0.381 e. The second-order valence-corrected chi connectivity index (χ2v) is 5.21. The largest absolute Gasteiger partial charge is 0.381 e. The molecule has 0 aliphatic heterocycles. The van der Waals surface area contributed by atoms with Crippen molar-refractivity contribution in [3.8, 4) is 0 Å². The highest BCUT2D eigenvalue weighted by molar-refractivity contribution is 6.33. The van der Waals surface area contributed by atoms with E-state index in [2.05, 4.69) is 16.0 Å². The Hall–Kier alpha value is -1.91. The molecule has 0 unspecified atom stereocenters. The number of carbonyl (C=O) groups is 1. The van der Waals surface area contributed by atoms with Gasteiger partial charge in [0.1, 0.15) is 0 Å². The summed E-state index contributed by atoms with van der Waals surface area (Å²) in [7, 11) is 1.57. The van der Waals surface area contributed by atoms with Crippen LogP contribution in [0.25, 0.3) is 0 Å². The van der Waals surface area contributed by atoms with Crippen molar-refractivity contribution in [2.24, 2.45) is 0 Å². The third-order valence-electron chi connectivity index (χ3n) is 2.86. The van der Waals surface area contributed by atoms with Crippen molar-refractivity contribution in [2.75, 3.05) is 17.7 Å². The molecule has 3 N–H and O–H groups in total. The number of halogens is 2. The number of amides is 2. The summed E-state index contributed by atoms with van der Waals surface area (Å²) in [6, 6.07) is 12.5. The smallest absolute Gasteiger partial charge is 0.318 e. The van der Waals surface area contributed by atoms with Crippen LogP contribution in [0.1, 0.15) is 5.56 Å². The average molecular weight is 324 g/mol. The molecule has 0 saturated heterocycles. The first-order valence-corrected chi connectivity index (χ1v) is 7.10. The first-order valence-electron chi connectivity index (χ1n) is 6.35. The third kappa shape index (κ3) is 4.55. The zero-order chi connectivity index (χ0) is 15.2. The van der Waals surface area contributed by atoms with Crippen LogP contribution in [0.5, 0.6) is 0 Å². The van der Waals surface area contributed by atoms with Crippen molar-refractivity contribution < 1.29 is 4.79 Å². The van der Waals surface area contributed by atoms with Crippen LogP contribution < -0.4 is 16.0 Å². The number of nitrogens with one attached hydrogen (secondary N) is 3. The maximum absolute atomic E-state index is 11.2. The Morgan fingerprint density at radius 3 is 2.38 bits per heavy atom. The number of hydrogen-bond acceptors (Lipinski definition) is 2. The molecule has 21 heavy (non-hydrogen) atoms. The minimum absolute atomic E-state index is 0.249. The number of urea groups is 1. The van der Waals surface area contributed by atoms with Crippen LogP contribution in [0.3, 0.4) is 0 Å². The standard InChI is InChI=1S/C15H15Cl2N3O/c1-18-15(21)20-13-5-3-12(4-6-13)19-9-10-8-11(16)2-7-14(10)17/h2-8,19H,9H2,1H3,(H2,18,20,21). The molecule has 2 amide bonds. The Bertz CT molecular complexity index is 629. The van der Waals surface area contributed by atoms with E-state index in [-0.39, 0.29) is 6.03 Å². The molecule has 0 bridgehead atoms. The van der Waals surface area contributed by atoms with Gasteiger partial charge in [-0.15, -0.1) is 0 Å². The summed E-state index contributed by atoms with van der Waals surface area (Å²) in [4.78, 5) is 11.2. The predicted molar refractivity (Wildman–Crippen MR) is 88.3 cm³/mol. The van der Waals surface area contributed by atoms with Crippen LogP contribution in [0, 0.1) is 0 Å². The van der Waals surface area contributed by atoms with Gasteiger partial charge in [-0.3, -0.25) is 0 Å². The van der Waals surface area contributed by atoms with Crippen molar-refractivity contribution in [1.29, 1.82) is 0 Å². The lowest BCUT2D eigenvalue weighted by Gasteiger charge is -2.10. The zero-order valence-electron chi connectivity index (χ0n) is 11.4. The van der Waals surface area contributed by atoms with Gasteiger partial charge in [0.25, 0.3) is 0 Å². The Morgan fingerprint density at radius 2 is 1.71 bits per heavy atom. The van der Waals surface area contributed by atoms with Crippen molar-refractivity contribution >= 4 is 40.6 Å². The van der Waals surface area contributed by atoms with Crippen molar-refractivity contribution in [2.45, 2.75) is 6.54 Å². The maximum atomic E-state index is 11.2. The van der Waals surface area contributed by atoms with Gasteiger partial charge in [-0.05, 0) is 48.0 Å². The molecule has 0 heterocycles. The number of benzene rings is 2. The van der Waals surface area contributed by atoms with E-state index in [9.17, 15) is 4.79 Å². The molecule has 2 rings (SSSR count). The quantitative estimate of drug-likeness (QED) is 0.783. The molecule has 0 aromatic heterocycles. The van der Waals surface area contributed by atoms with Gasteiger partial charge < -0.3 is 16.0 Å². The molecule has 0 fully saturated rings. The van der Waals surface area contributed by atoms with E-state index in [0.717, 1.165) is 16.9 Å². The summed E-state index contributed by atoms with van der Waals surface area (Å²) >= 11 is 12.1. The molecule has 0 aliphatic rings. The molecular weight excluding hydrogens is 309 g/mol. The van der Waals surface area contributed by atoms with E-state index in [1.165, 1.54) is 0 Å². The van der Waals surface area contributed by atoms with Gasteiger partial charge in [0.05, 0.1) is 0 Å². The van der Waals surface area contributed by atoms with Crippen LogP contribution in [-0.2, 0) is 6.54 Å². The molecule has 110 valence electrons. The van der Waals surface area contributed by atoms with E-state index in [1.807, 2.05) is 30.3 Å². The van der Waals surface area contributed by atoms with Gasteiger partial charge in [-0.2, -0.15) is 0 Å². The molecular formula is C15H15Cl2N3O. The third-order valence-corrected chi connectivity index (χ3v) is 3.46. The number of rotatable bonds is 4. The predicted octanol–water partition coefficient (Wildman–Crippen LogP) is 4.36. The lowest BCUT2D eigenvalue weighted by Crippen LogP contribution is -2.24. The fraction of sp³-hybridized carbons (Fsp3) is 0.133. The van der Waals surface area contributed by atoms with Crippen LogP contribution in [0.2, 0.25) is 10.0 Å². The minimum atomic E-state index is -0.249. The Morgan fingerprint density at radius 1 is 1.05 bits per heavy atom. The highest BCUT2D eigenvalue weighted by atomic mass is 35.5. The van der Waals surface area contributed by atoms with E-state index in [4.69, 9.17) is 23.2 Å². The highest BCUT2D eigenvalue weighted by Gasteiger charge is 2.02. The molecule has 0 spiro atoms. The molecule has 0 atom stereocenters. The van der Waals surface area contributed by atoms with Crippen LogP contribution >= 0.6 is 23.2 Å². The van der Waals surface area contributed by atoms with Crippen molar-refractivity contribution in [1.82, 2.24) is 5.32 Å². The lowest BCUT2D eigenvalue weighted by molar-refractivity contribution is 0.254.